The van der Waals surface area contributed by atoms with Gasteiger partial charge in [-0.15, -0.1) is 11.3 Å². The van der Waals surface area contributed by atoms with Gasteiger partial charge in [-0.25, -0.2) is 0 Å². The molecule has 0 spiro atoms. The molecule has 0 unspecified atom stereocenters. The highest BCUT2D eigenvalue weighted by Crippen LogP contribution is 2.35. The molecule has 0 aromatic carbocycles. The van der Waals surface area contributed by atoms with Gasteiger partial charge in [-0.3, -0.25) is 0 Å². The molecular formula is C10H14Br2OS. The highest BCUT2D eigenvalue weighted by Gasteiger charge is 2.19. The number of thiophene rings is 1. The molecule has 0 aliphatic rings. The fraction of sp³-hybridized carbons (Fsp3) is 0.600. The molecular weight excluding hydrogens is 328 g/mol. The van der Waals surface area contributed by atoms with Crippen LogP contribution in [0.25, 0.3) is 0 Å². The van der Waals surface area contributed by atoms with Crippen molar-refractivity contribution in [3.63, 3.8) is 0 Å². The van der Waals surface area contributed by atoms with Crippen molar-refractivity contribution >= 4 is 43.2 Å². The number of rotatable bonds is 5. The molecule has 1 aromatic rings. The van der Waals surface area contributed by atoms with Crippen molar-refractivity contribution in [2.24, 2.45) is 0 Å². The first kappa shape index (κ1) is 12.5. The van der Waals surface area contributed by atoms with Gasteiger partial charge in [-0.1, -0.05) is 38.8 Å². The Morgan fingerprint density at radius 2 is 2.21 bits per heavy atom. The third-order valence-corrected chi connectivity index (χ3v) is 3.07. The zero-order valence-corrected chi connectivity index (χ0v) is 12.3. The van der Waals surface area contributed by atoms with E-state index < -0.39 is 0 Å². The summed E-state index contributed by atoms with van der Waals surface area (Å²) < 4.78 is 5.61. The first-order valence-electron chi connectivity index (χ1n) is 4.60. The Kier molecular flexibility index (Phi) is 4.94. The van der Waals surface area contributed by atoms with Gasteiger partial charge in [0.25, 0.3) is 0 Å². The topological polar surface area (TPSA) is 9.23 Å². The van der Waals surface area contributed by atoms with E-state index in [9.17, 15) is 0 Å². The number of hydrogen-bond donors (Lipinski definition) is 0. The van der Waals surface area contributed by atoms with Gasteiger partial charge < -0.3 is 4.74 Å². The van der Waals surface area contributed by atoms with Crippen molar-refractivity contribution in [1.82, 2.24) is 0 Å². The number of hydrogen-bond acceptors (Lipinski definition) is 2. The normalized spacial score (nSPS) is 11.7. The van der Waals surface area contributed by atoms with Gasteiger partial charge in [0.1, 0.15) is 0 Å². The molecule has 0 atom stereocenters. The molecule has 14 heavy (non-hydrogen) atoms. The fourth-order valence-electron chi connectivity index (χ4n) is 1.11. The second-order valence-electron chi connectivity index (χ2n) is 3.33. The minimum atomic E-state index is -0.0363. The number of halogens is 2. The minimum absolute atomic E-state index is 0.0363. The average molecular weight is 342 g/mol. The van der Waals surface area contributed by atoms with Crippen LogP contribution in [-0.4, -0.2) is 9.84 Å². The molecule has 0 fully saturated rings. The van der Waals surface area contributed by atoms with E-state index in [1.807, 2.05) is 0 Å². The van der Waals surface area contributed by atoms with E-state index >= 15 is 0 Å². The lowest BCUT2D eigenvalue weighted by Crippen LogP contribution is -2.09. The summed E-state index contributed by atoms with van der Waals surface area (Å²) in [6.07, 6.45) is 1.98. The zero-order chi connectivity index (χ0) is 10.6. The maximum absolute atomic E-state index is 5.65. The monoisotopic (exact) mass is 340 g/mol. The predicted molar refractivity (Wildman–Crippen MR) is 70.1 cm³/mol. The van der Waals surface area contributed by atoms with Crippen LogP contribution in [0.3, 0.4) is 0 Å². The molecule has 80 valence electrons. The van der Waals surface area contributed by atoms with Crippen LogP contribution in [0.1, 0.15) is 25.8 Å². The largest absolute Gasteiger partial charge is 0.484 e. The summed E-state index contributed by atoms with van der Waals surface area (Å²) in [6, 6.07) is 2.12. The van der Waals surface area contributed by atoms with Crippen LogP contribution in [0.4, 0.5) is 0 Å². The van der Waals surface area contributed by atoms with Gasteiger partial charge >= 0.3 is 0 Å². The SMILES string of the molecule is CCCOc1sccc1CC(C)(Br)Br. The third-order valence-electron chi connectivity index (χ3n) is 1.64. The fourth-order valence-corrected chi connectivity index (χ4v) is 2.51. The zero-order valence-electron chi connectivity index (χ0n) is 8.35. The van der Waals surface area contributed by atoms with Crippen molar-refractivity contribution < 1.29 is 4.74 Å². The van der Waals surface area contributed by atoms with Gasteiger partial charge in [-0.2, -0.15) is 0 Å². The number of alkyl halides is 2. The van der Waals surface area contributed by atoms with E-state index in [4.69, 9.17) is 4.74 Å². The summed E-state index contributed by atoms with van der Waals surface area (Å²) >= 11 is 8.80. The lowest BCUT2D eigenvalue weighted by molar-refractivity contribution is 0.323. The molecule has 0 radical (unpaired) electrons. The Bertz CT molecular complexity index is 278. The highest BCUT2D eigenvalue weighted by atomic mass is 79.9. The van der Waals surface area contributed by atoms with E-state index in [2.05, 4.69) is 57.2 Å². The van der Waals surface area contributed by atoms with E-state index in [1.165, 1.54) is 5.56 Å². The lowest BCUT2D eigenvalue weighted by atomic mass is 10.2. The quantitative estimate of drug-likeness (QED) is 0.712. The molecule has 0 aliphatic heterocycles. The molecule has 1 aromatic heterocycles. The first-order chi connectivity index (χ1) is 6.53. The van der Waals surface area contributed by atoms with Crippen LogP contribution in [0.15, 0.2) is 11.4 Å². The molecule has 4 heteroatoms. The maximum Gasteiger partial charge on any atom is 0.176 e. The summed E-state index contributed by atoms with van der Waals surface area (Å²) in [5.74, 6) is 0. The van der Waals surface area contributed by atoms with Crippen molar-refractivity contribution in [3.8, 4) is 5.06 Å². The smallest absolute Gasteiger partial charge is 0.176 e. The van der Waals surface area contributed by atoms with E-state index in [0.29, 0.717) is 0 Å². The first-order valence-corrected chi connectivity index (χ1v) is 7.06. The number of ether oxygens (including phenoxy) is 1. The third kappa shape index (κ3) is 4.32. The van der Waals surface area contributed by atoms with Crippen LogP contribution in [0, 0.1) is 0 Å². The molecule has 1 rings (SSSR count). The Balaban J connectivity index is 2.63. The Labute approximate surface area is 106 Å². The molecule has 0 saturated carbocycles. The van der Waals surface area contributed by atoms with Gasteiger partial charge in [0.2, 0.25) is 0 Å². The molecule has 0 N–H and O–H groups in total. The van der Waals surface area contributed by atoms with Crippen molar-refractivity contribution in [3.05, 3.63) is 17.0 Å². The Hall–Kier alpha value is 0.460. The van der Waals surface area contributed by atoms with Crippen LogP contribution >= 0.6 is 43.2 Å². The summed E-state index contributed by atoms with van der Waals surface area (Å²) in [6.45, 7) is 5.01. The summed E-state index contributed by atoms with van der Waals surface area (Å²) in [4.78, 5) is 0. The van der Waals surface area contributed by atoms with Crippen molar-refractivity contribution in [2.45, 2.75) is 29.9 Å². The summed E-state index contributed by atoms with van der Waals surface area (Å²) in [7, 11) is 0. The van der Waals surface area contributed by atoms with E-state index in [1.54, 1.807) is 11.3 Å². The Morgan fingerprint density at radius 1 is 1.50 bits per heavy atom. The van der Waals surface area contributed by atoms with Crippen LogP contribution in [-0.2, 0) is 6.42 Å². The van der Waals surface area contributed by atoms with Crippen molar-refractivity contribution in [1.29, 1.82) is 0 Å². The second-order valence-corrected chi connectivity index (χ2v) is 8.77. The van der Waals surface area contributed by atoms with Crippen molar-refractivity contribution in [2.75, 3.05) is 6.61 Å². The molecule has 0 amide bonds. The molecule has 0 aliphatic carbocycles. The van der Waals surface area contributed by atoms with Gasteiger partial charge in [0.05, 0.1) is 9.84 Å². The second kappa shape index (κ2) is 5.52. The predicted octanol–water partition coefficient (Wildman–Crippen LogP) is 4.59. The van der Waals surface area contributed by atoms with E-state index in [0.717, 1.165) is 24.5 Å². The van der Waals surface area contributed by atoms with E-state index in [-0.39, 0.29) is 3.23 Å². The van der Waals surface area contributed by atoms with Gasteiger partial charge in [0.15, 0.2) is 5.06 Å². The summed E-state index contributed by atoms with van der Waals surface area (Å²) in [5.41, 5.74) is 1.26. The van der Waals surface area contributed by atoms with Crippen LogP contribution in [0.2, 0.25) is 0 Å². The van der Waals surface area contributed by atoms with Gasteiger partial charge in [-0.05, 0) is 24.8 Å². The highest BCUT2D eigenvalue weighted by molar-refractivity contribution is 9.25. The molecule has 1 heterocycles. The molecule has 0 saturated heterocycles. The molecule has 1 nitrogen and oxygen atoms in total. The van der Waals surface area contributed by atoms with Gasteiger partial charge in [0, 0.05) is 12.0 Å². The lowest BCUT2D eigenvalue weighted by Gasteiger charge is -2.14. The van der Waals surface area contributed by atoms with Crippen LogP contribution < -0.4 is 4.74 Å². The molecule has 0 bridgehead atoms. The minimum Gasteiger partial charge on any atom is -0.484 e. The summed E-state index contributed by atoms with van der Waals surface area (Å²) in [5, 5.41) is 3.13. The maximum atomic E-state index is 5.65. The Morgan fingerprint density at radius 3 is 2.79 bits per heavy atom. The van der Waals surface area contributed by atoms with Crippen LogP contribution in [0.5, 0.6) is 5.06 Å². The average Bonchev–Trinajstić information content (AvgIpc) is 2.45. The standard InChI is InChI=1S/C10H14Br2OS/c1-3-5-13-9-8(4-6-14-9)7-10(2,11)12/h4,6H,3,5,7H2,1-2H3.